The van der Waals surface area contributed by atoms with Gasteiger partial charge in [-0.2, -0.15) is 0 Å². The van der Waals surface area contributed by atoms with E-state index in [1.807, 2.05) is 11.1 Å². The third-order valence-electron chi connectivity index (χ3n) is 2.98. The number of aryl methyl sites for hydroxylation is 1. The summed E-state index contributed by atoms with van der Waals surface area (Å²) in [5.74, 6) is 0.541. The van der Waals surface area contributed by atoms with Gasteiger partial charge in [0.2, 0.25) is 0 Å². The van der Waals surface area contributed by atoms with Crippen LogP contribution in [0.5, 0.6) is 0 Å². The van der Waals surface area contributed by atoms with Gasteiger partial charge in [0, 0.05) is 37.1 Å². The molecule has 0 spiro atoms. The number of amides is 2. The molecule has 0 unspecified atom stereocenters. The third-order valence-corrected chi connectivity index (χ3v) is 4.06. The summed E-state index contributed by atoms with van der Waals surface area (Å²) in [6, 6.07) is 0.0359. The van der Waals surface area contributed by atoms with Crippen molar-refractivity contribution in [2.45, 2.75) is 25.7 Å². The molecule has 1 fully saturated rings. The van der Waals surface area contributed by atoms with Crippen molar-refractivity contribution in [2.24, 2.45) is 0 Å². The van der Waals surface area contributed by atoms with Crippen molar-refractivity contribution in [3.63, 3.8) is 0 Å². The molecule has 0 saturated carbocycles. The van der Waals surface area contributed by atoms with E-state index < -0.39 is 0 Å². The highest BCUT2D eigenvalue weighted by Gasteiger charge is 2.24. The standard InChI is InChI=1S/C11H17N3OS/c1-8-7-13-10(16-8)9-3-5-14(6-4-9)11(15)12-2/h7,9H,3-6H2,1-2H3,(H,12,15). The summed E-state index contributed by atoms with van der Waals surface area (Å²) in [6.07, 6.45) is 3.99. The molecule has 88 valence electrons. The Morgan fingerprint density at radius 1 is 1.56 bits per heavy atom. The van der Waals surface area contributed by atoms with Crippen LogP contribution in [0, 0.1) is 6.92 Å². The lowest BCUT2D eigenvalue weighted by Crippen LogP contribution is -2.42. The maximum atomic E-state index is 11.4. The van der Waals surface area contributed by atoms with E-state index in [9.17, 15) is 4.79 Å². The summed E-state index contributed by atoms with van der Waals surface area (Å²) in [5, 5.41) is 3.90. The van der Waals surface area contributed by atoms with Crippen LogP contribution in [0.25, 0.3) is 0 Å². The van der Waals surface area contributed by atoms with E-state index in [0.29, 0.717) is 5.92 Å². The number of hydrogen-bond donors (Lipinski definition) is 1. The van der Waals surface area contributed by atoms with E-state index >= 15 is 0 Å². The average Bonchev–Trinajstić information content (AvgIpc) is 2.75. The molecular formula is C11H17N3OS. The normalized spacial score (nSPS) is 17.5. The van der Waals surface area contributed by atoms with Gasteiger partial charge in [0.15, 0.2) is 0 Å². The first kappa shape index (κ1) is 11.4. The minimum absolute atomic E-state index is 0.0359. The monoisotopic (exact) mass is 239 g/mol. The summed E-state index contributed by atoms with van der Waals surface area (Å²) in [6.45, 7) is 3.76. The lowest BCUT2D eigenvalue weighted by Gasteiger charge is -2.30. The molecule has 0 bridgehead atoms. The van der Waals surface area contributed by atoms with Crippen LogP contribution in [0.15, 0.2) is 6.20 Å². The Bertz CT molecular complexity index is 369. The first-order chi connectivity index (χ1) is 7.70. The van der Waals surface area contributed by atoms with Crippen molar-refractivity contribution >= 4 is 17.4 Å². The van der Waals surface area contributed by atoms with Crippen LogP contribution in [-0.2, 0) is 0 Å². The number of likely N-dealkylation sites (tertiary alicyclic amines) is 1. The van der Waals surface area contributed by atoms with Crippen molar-refractivity contribution in [1.82, 2.24) is 15.2 Å². The maximum absolute atomic E-state index is 11.4. The molecule has 0 radical (unpaired) electrons. The summed E-state index contributed by atoms with van der Waals surface area (Å²) in [4.78, 5) is 19.0. The highest BCUT2D eigenvalue weighted by atomic mass is 32.1. The fourth-order valence-corrected chi connectivity index (χ4v) is 2.99. The van der Waals surface area contributed by atoms with Gasteiger partial charge < -0.3 is 10.2 Å². The lowest BCUT2D eigenvalue weighted by molar-refractivity contribution is 0.183. The number of piperidine rings is 1. The number of urea groups is 1. The van der Waals surface area contributed by atoms with E-state index in [1.54, 1.807) is 18.4 Å². The highest BCUT2D eigenvalue weighted by Crippen LogP contribution is 2.30. The molecule has 16 heavy (non-hydrogen) atoms. The zero-order valence-electron chi connectivity index (χ0n) is 9.69. The first-order valence-electron chi connectivity index (χ1n) is 5.59. The number of rotatable bonds is 1. The second-order valence-corrected chi connectivity index (χ2v) is 5.39. The minimum Gasteiger partial charge on any atom is -0.341 e. The number of nitrogens with zero attached hydrogens (tertiary/aromatic N) is 2. The molecule has 2 rings (SSSR count). The number of carbonyl (C=O) groups excluding carboxylic acids is 1. The third kappa shape index (κ3) is 2.35. The minimum atomic E-state index is 0.0359. The van der Waals surface area contributed by atoms with Crippen molar-refractivity contribution < 1.29 is 4.79 Å². The molecule has 5 heteroatoms. The quantitative estimate of drug-likeness (QED) is 0.814. The molecule has 2 amide bonds. The van der Waals surface area contributed by atoms with Gasteiger partial charge in [-0.3, -0.25) is 0 Å². The van der Waals surface area contributed by atoms with Crippen LogP contribution >= 0.6 is 11.3 Å². The van der Waals surface area contributed by atoms with Crippen LogP contribution in [0.4, 0.5) is 4.79 Å². The van der Waals surface area contributed by atoms with Crippen molar-refractivity contribution in [1.29, 1.82) is 0 Å². The molecular weight excluding hydrogens is 222 g/mol. The van der Waals surface area contributed by atoms with Gasteiger partial charge in [-0.05, 0) is 19.8 Å². The zero-order valence-corrected chi connectivity index (χ0v) is 10.5. The number of aromatic nitrogens is 1. The van der Waals surface area contributed by atoms with E-state index in [0.717, 1.165) is 25.9 Å². The Morgan fingerprint density at radius 3 is 2.75 bits per heavy atom. The summed E-state index contributed by atoms with van der Waals surface area (Å²) in [5.41, 5.74) is 0. The fraction of sp³-hybridized carbons (Fsp3) is 0.636. The first-order valence-corrected chi connectivity index (χ1v) is 6.41. The van der Waals surface area contributed by atoms with Crippen molar-refractivity contribution in [3.05, 3.63) is 16.1 Å². The van der Waals surface area contributed by atoms with Crippen LogP contribution in [0.2, 0.25) is 0 Å². The van der Waals surface area contributed by atoms with E-state index in [1.165, 1.54) is 9.88 Å². The van der Waals surface area contributed by atoms with E-state index in [4.69, 9.17) is 0 Å². The maximum Gasteiger partial charge on any atom is 0.317 e. The van der Waals surface area contributed by atoms with Crippen LogP contribution in [0.3, 0.4) is 0 Å². The molecule has 1 N–H and O–H groups in total. The van der Waals surface area contributed by atoms with Gasteiger partial charge in [0.1, 0.15) is 0 Å². The Labute approximate surface area is 99.7 Å². The van der Waals surface area contributed by atoms with Gasteiger partial charge in [-0.1, -0.05) is 0 Å². The Kier molecular flexibility index (Phi) is 3.43. The molecule has 1 aliphatic rings. The predicted octanol–water partition coefficient (Wildman–Crippen LogP) is 1.97. The molecule has 1 saturated heterocycles. The summed E-state index contributed by atoms with van der Waals surface area (Å²) < 4.78 is 0. The van der Waals surface area contributed by atoms with Gasteiger partial charge in [-0.25, -0.2) is 9.78 Å². The Balaban J connectivity index is 1.92. The van der Waals surface area contributed by atoms with E-state index in [-0.39, 0.29) is 6.03 Å². The van der Waals surface area contributed by atoms with Gasteiger partial charge in [-0.15, -0.1) is 11.3 Å². The lowest BCUT2D eigenvalue weighted by atomic mass is 9.98. The SMILES string of the molecule is CNC(=O)N1CCC(c2ncc(C)s2)CC1. The fourth-order valence-electron chi connectivity index (χ4n) is 2.05. The second-order valence-electron chi connectivity index (χ2n) is 4.13. The van der Waals surface area contributed by atoms with Crippen LogP contribution in [-0.4, -0.2) is 36.1 Å². The highest BCUT2D eigenvalue weighted by molar-refractivity contribution is 7.11. The van der Waals surface area contributed by atoms with Crippen molar-refractivity contribution in [2.75, 3.05) is 20.1 Å². The molecule has 0 aromatic carbocycles. The summed E-state index contributed by atoms with van der Waals surface area (Å²) in [7, 11) is 1.68. The van der Waals surface area contributed by atoms with Gasteiger partial charge in [0.25, 0.3) is 0 Å². The molecule has 1 aromatic heterocycles. The van der Waals surface area contributed by atoms with Crippen LogP contribution < -0.4 is 5.32 Å². The molecule has 0 aliphatic carbocycles. The number of nitrogens with one attached hydrogen (secondary N) is 1. The van der Waals surface area contributed by atoms with Gasteiger partial charge >= 0.3 is 6.03 Å². The molecule has 1 aliphatic heterocycles. The largest absolute Gasteiger partial charge is 0.341 e. The molecule has 1 aromatic rings. The Morgan fingerprint density at radius 2 is 2.25 bits per heavy atom. The number of thiazole rings is 1. The number of carbonyl (C=O) groups is 1. The van der Waals surface area contributed by atoms with E-state index in [2.05, 4.69) is 17.2 Å². The van der Waals surface area contributed by atoms with Crippen LogP contribution in [0.1, 0.15) is 28.6 Å². The predicted molar refractivity (Wildman–Crippen MR) is 64.9 cm³/mol. The average molecular weight is 239 g/mol. The van der Waals surface area contributed by atoms with Gasteiger partial charge in [0.05, 0.1) is 5.01 Å². The topological polar surface area (TPSA) is 45.2 Å². The zero-order chi connectivity index (χ0) is 11.5. The second kappa shape index (κ2) is 4.82. The Hall–Kier alpha value is -1.10. The molecule has 4 nitrogen and oxygen atoms in total. The molecule has 0 atom stereocenters. The number of hydrogen-bond acceptors (Lipinski definition) is 3. The summed E-state index contributed by atoms with van der Waals surface area (Å²) >= 11 is 1.78. The van der Waals surface area contributed by atoms with Crippen molar-refractivity contribution in [3.8, 4) is 0 Å². The smallest absolute Gasteiger partial charge is 0.317 e. The molecule has 2 heterocycles.